The minimum Gasteiger partial charge on any atom is -0.490 e. The van der Waals surface area contributed by atoms with Crippen molar-refractivity contribution in [2.45, 2.75) is 196 Å². The van der Waals surface area contributed by atoms with Gasteiger partial charge in [0.05, 0.1) is 43.8 Å². The van der Waals surface area contributed by atoms with E-state index in [9.17, 15) is 29.1 Å². The van der Waals surface area contributed by atoms with Crippen molar-refractivity contribution >= 4 is 49.7 Å². The van der Waals surface area contributed by atoms with Crippen molar-refractivity contribution in [2.75, 3.05) is 0 Å². The first-order valence-corrected chi connectivity index (χ1v) is 39.7. The summed E-state index contributed by atoms with van der Waals surface area (Å²) < 4.78 is 48.6. The van der Waals surface area contributed by atoms with Gasteiger partial charge in [-0.3, -0.25) is 24.0 Å². The molecule has 12 aromatic rings. The molecule has 14 heteroatoms. The molecule has 0 spiro atoms. The Bertz CT molecular complexity index is 6110. The highest BCUT2D eigenvalue weighted by atomic mass is 16.6. The van der Waals surface area contributed by atoms with E-state index in [-0.39, 0.29) is 38.8 Å². The second kappa shape index (κ2) is 28.8. The molecule has 0 bridgehead atoms. The molecule has 8 aromatic carbocycles. The number of aryl methyl sites for hydroxylation is 8. The Morgan fingerprint density at radius 1 is 0.378 bits per heavy atom. The third-order valence-corrected chi connectivity index (χ3v) is 25.4. The van der Waals surface area contributed by atoms with Crippen LogP contribution in [0, 0.1) is 78.6 Å². The fraction of sp³-hybridized carbons (Fsp3) is 0.351. The number of allylic oxidation sites excluding steroid dienone is 2. The quantitative estimate of drug-likeness (QED) is 0.175. The lowest BCUT2D eigenvalue weighted by Gasteiger charge is -2.43. The van der Waals surface area contributed by atoms with Crippen LogP contribution >= 0.6 is 0 Å². The molecule has 566 valence electrons. The van der Waals surface area contributed by atoms with E-state index in [0.29, 0.717) is 127 Å². The summed E-state index contributed by atoms with van der Waals surface area (Å²) in [6, 6.07) is 39.0. The van der Waals surface area contributed by atoms with Crippen molar-refractivity contribution in [3.63, 3.8) is 0 Å². The number of Topliss-reactive ketones (excluding diaryl/α,β-unsaturated/α-hetero) is 1. The molecule has 8 aliphatic rings. The van der Waals surface area contributed by atoms with Gasteiger partial charge in [0.25, 0.3) is 0 Å². The maximum absolute atomic E-state index is 13.3. The van der Waals surface area contributed by atoms with E-state index in [1.807, 2.05) is 106 Å². The molecular formula is C97H94O14. The summed E-state index contributed by atoms with van der Waals surface area (Å²) in [4.78, 5) is 65.5. The largest absolute Gasteiger partial charge is 0.490 e. The summed E-state index contributed by atoms with van der Waals surface area (Å²) in [5.74, 6) is 4.04. The van der Waals surface area contributed by atoms with Gasteiger partial charge in [0, 0.05) is 71.3 Å². The van der Waals surface area contributed by atoms with Crippen LogP contribution in [0.5, 0.6) is 23.0 Å². The van der Waals surface area contributed by atoms with Crippen LogP contribution in [0.3, 0.4) is 0 Å². The second-order valence-corrected chi connectivity index (χ2v) is 33.5. The van der Waals surface area contributed by atoms with Gasteiger partial charge in [-0.05, 0) is 247 Å². The standard InChI is InChI=1S/C26H24O4.C24H24O4.C24H24O3.C23H22O3/c1-14-5-6-16(9-15(14)2)20-13-29-25-17(24(20)28)7-8-22-19(25)10-18-21(27)11-26(3,4)12-23(18)30-22;1-14-6-7-16(11-15(14)2)20-13-27-23-18(22(20)25)8-9-21-19(23)12-17-5-3-4-10-24(17,26)28-21;1-14-7-8-16(11-15(14)2)20-13-26-24-18(23(20)25)9-10-22-19(24)12-17-5-3-4-6-21(17)27-22;1-13-6-7-15(10-14(13)2)19-12-25-23-17(22(19)24)8-9-21-18(23)11-16-4-3-5-20(16)26-21/h5-9,13H,10-12H2,1-4H3;6-9,11,13,17,26H,3-5,10,12H2,1-2H3;7-11,13,17,21H,3-6,12H2,1-2H3;6-10,12,16,20H,3-5,11H2,1-2H3/t;17-,24?;17-,21-;16-,20-/m.111/s1. The normalized spacial score (nSPS) is 20.9. The van der Waals surface area contributed by atoms with Gasteiger partial charge >= 0.3 is 0 Å². The van der Waals surface area contributed by atoms with Crippen molar-refractivity contribution in [3.05, 3.63) is 265 Å². The number of rotatable bonds is 4. The Kier molecular flexibility index (Phi) is 18.9. The van der Waals surface area contributed by atoms with E-state index >= 15 is 0 Å². The monoisotopic (exact) mass is 1480 g/mol. The van der Waals surface area contributed by atoms with Crippen molar-refractivity contribution in [2.24, 2.45) is 23.2 Å². The number of carbonyl (C=O) groups excluding carboxylic acids is 1. The molecule has 0 saturated heterocycles. The smallest absolute Gasteiger partial charge is 0.211 e. The van der Waals surface area contributed by atoms with Gasteiger partial charge in [-0.15, -0.1) is 0 Å². The fourth-order valence-electron chi connectivity index (χ4n) is 18.3. The minimum absolute atomic E-state index is 0.0308. The Labute approximate surface area is 645 Å². The number of benzene rings is 8. The molecule has 0 radical (unpaired) electrons. The van der Waals surface area contributed by atoms with Crippen LogP contribution in [0.25, 0.3) is 88.4 Å². The minimum atomic E-state index is -1.08. The Hall–Kier alpha value is -10.8. The fourth-order valence-corrected chi connectivity index (χ4v) is 18.3. The van der Waals surface area contributed by atoms with Crippen molar-refractivity contribution in [1.82, 2.24) is 0 Å². The summed E-state index contributed by atoms with van der Waals surface area (Å²) in [5.41, 5.74) is 22.2. The van der Waals surface area contributed by atoms with Gasteiger partial charge in [0.15, 0.2) is 5.78 Å². The zero-order chi connectivity index (χ0) is 77.1. The summed E-state index contributed by atoms with van der Waals surface area (Å²) in [6.45, 7) is 20.6. The lowest BCUT2D eigenvalue weighted by Crippen LogP contribution is -2.49. The SMILES string of the molecule is Cc1ccc(-c2coc3c4c(ccc3c2=O)OC2(O)CCCC[C@@H]2C4)cc1C.Cc1ccc(-c2coc3c4c(ccc3c2=O)OC2=C(C4)C(=O)CC(C)(C)C2)cc1C.Cc1ccc(-c2coc3c4c(ccc3c2=O)O[C@@H]2CCCC[C@@H]2C4)cc1C.Cc1ccc(-c2coc3c4c(ccc3c2=O)O[C@@H]2CCC[C@@H]2C4)cc1C. The topological polar surface area (TPSA) is 195 Å². The molecule has 1 N–H and O–H groups in total. The number of ether oxygens (including phenoxy) is 4. The first kappa shape index (κ1) is 73.0. The van der Waals surface area contributed by atoms with Crippen LogP contribution in [0.15, 0.2) is 195 Å². The van der Waals surface area contributed by atoms with Crippen LogP contribution in [-0.2, 0) is 30.5 Å². The average molecular weight is 1480 g/mol. The molecule has 111 heavy (non-hydrogen) atoms. The number of carbonyl (C=O) groups is 1. The average Bonchev–Trinajstić information content (AvgIpc) is 0.977. The molecule has 0 amide bonds. The molecular weight excluding hydrogens is 1390 g/mol. The molecule has 4 aliphatic carbocycles. The lowest BCUT2D eigenvalue weighted by molar-refractivity contribution is -0.203. The number of aliphatic hydroxyl groups is 1. The van der Waals surface area contributed by atoms with Crippen molar-refractivity contribution in [1.29, 1.82) is 0 Å². The summed E-state index contributed by atoms with van der Waals surface area (Å²) >= 11 is 0. The van der Waals surface area contributed by atoms with Crippen molar-refractivity contribution in [3.8, 4) is 67.5 Å². The summed E-state index contributed by atoms with van der Waals surface area (Å²) in [6.07, 6.45) is 23.3. The van der Waals surface area contributed by atoms with E-state index < -0.39 is 5.79 Å². The van der Waals surface area contributed by atoms with Gasteiger partial charge in [-0.2, -0.15) is 0 Å². The van der Waals surface area contributed by atoms with E-state index in [1.54, 1.807) is 30.9 Å². The van der Waals surface area contributed by atoms with Crippen LogP contribution < -0.4 is 40.7 Å². The predicted octanol–water partition coefficient (Wildman–Crippen LogP) is 21.3. The molecule has 14 nitrogen and oxygen atoms in total. The molecule has 6 atom stereocenters. The Balaban J connectivity index is 0.000000108. The molecule has 4 aliphatic heterocycles. The highest BCUT2D eigenvalue weighted by Gasteiger charge is 2.46. The highest BCUT2D eigenvalue weighted by Crippen LogP contribution is 2.49. The number of ketones is 1. The van der Waals surface area contributed by atoms with Gasteiger partial charge in [-0.25, -0.2) is 0 Å². The lowest BCUT2D eigenvalue weighted by atomic mass is 9.74. The van der Waals surface area contributed by atoms with Gasteiger partial charge in [-0.1, -0.05) is 99.5 Å². The van der Waals surface area contributed by atoms with E-state index in [4.69, 9.17) is 36.6 Å². The molecule has 1 unspecified atom stereocenters. The van der Waals surface area contributed by atoms with Crippen LogP contribution in [0.4, 0.5) is 0 Å². The zero-order valence-corrected chi connectivity index (χ0v) is 65.0. The Morgan fingerprint density at radius 3 is 1.20 bits per heavy atom. The summed E-state index contributed by atoms with van der Waals surface area (Å²) in [5, 5.41) is 13.3. The molecule has 20 rings (SSSR count). The van der Waals surface area contributed by atoms with Gasteiger partial charge < -0.3 is 41.7 Å². The summed E-state index contributed by atoms with van der Waals surface area (Å²) in [7, 11) is 0. The molecule has 8 heterocycles. The van der Waals surface area contributed by atoms with Crippen LogP contribution in [0.2, 0.25) is 0 Å². The first-order valence-electron chi connectivity index (χ1n) is 39.7. The second-order valence-electron chi connectivity index (χ2n) is 33.5. The molecule has 3 saturated carbocycles. The zero-order valence-electron chi connectivity index (χ0n) is 65.0. The van der Waals surface area contributed by atoms with E-state index in [0.717, 1.165) is 130 Å². The maximum Gasteiger partial charge on any atom is 0.211 e. The van der Waals surface area contributed by atoms with Gasteiger partial charge in [0.1, 0.15) is 88.3 Å². The number of hydrogen-bond donors (Lipinski definition) is 1. The molecule has 3 fully saturated rings. The third-order valence-electron chi connectivity index (χ3n) is 25.4. The van der Waals surface area contributed by atoms with Gasteiger partial charge in [0.2, 0.25) is 27.5 Å². The van der Waals surface area contributed by atoms with E-state index in [2.05, 4.69) is 72.7 Å². The maximum atomic E-state index is 13.3. The predicted molar refractivity (Wildman–Crippen MR) is 436 cm³/mol. The number of hydrogen-bond acceptors (Lipinski definition) is 14. The van der Waals surface area contributed by atoms with Crippen LogP contribution in [0.1, 0.15) is 164 Å². The molecule has 4 aromatic heterocycles. The van der Waals surface area contributed by atoms with Crippen molar-refractivity contribution < 1.29 is 46.5 Å². The van der Waals surface area contributed by atoms with Crippen LogP contribution in [-0.4, -0.2) is 28.9 Å². The number of fused-ring (bicyclic) bond motifs is 15. The highest BCUT2D eigenvalue weighted by molar-refractivity contribution is 5.99. The first-order chi connectivity index (χ1) is 53.4. The Morgan fingerprint density at radius 2 is 0.757 bits per heavy atom. The third kappa shape index (κ3) is 13.5. The van der Waals surface area contributed by atoms with E-state index in [1.165, 1.54) is 71.7 Å².